The van der Waals surface area contributed by atoms with Crippen molar-refractivity contribution in [3.8, 4) is 5.75 Å². The van der Waals surface area contributed by atoms with Crippen LogP contribution in [0.4, 0.5) is 4.39 Å². The molecule has 1 aromatic carbocycles. The highest BCUT2D eigenvalue weighted by Crippen LogP contribution is 2.21. The Balaban J connectivity index is 2.95. The summed E-state index contributed by atoms with van der Waals surface area (Å²) in [6, 6.07) is 2.67. The normalized spacial score (nSPS) is 12.2. The van der Waals surface area contributed by atoms with E-state index in [1.165, 1.54) is 12.1 Å². The summed E-state index contributed by atoms with van der Waals surface area (Å²) in [7, 11) is 0. The molecule has 0 aliphatic rings. The van der Waals surface area contributed by atoms with Gasteiger partial charge in [0.25, 0.3) is 0 Å². The van der Waals surface area contributed by atoms with E-state index in [-0.39, 0.29) is 11.3 Å². The van der Waals surface area contributed by atoms with Crippen molar-refractivity contribution in [3.63, 3.8) is 0 Å². The largest absolute Gasteiger partial charge is 0.491 e. The van der Waals surface area contributed by atoms with Gasteiger partial charge in [0, 0.05) is 0 Å². The topological polar surface area (TPSA) is 72.5 Å². The molecule has 0 spiro atoms. The third kappa shape index (κ3) is 2.66. The number of benzene rings is 1. The first-order valence-corrected chi connectivity index (χ1v) is 4.47. The molecule has 1 aromatic rings. The predicted molar refractivity (Wildman–Crippen MR) is 52.1 cm³/mol. The maximum Gasteiger partial charge on any atom is 0.325 e. The summed E-state index contributed by atoms with van der Waals surface area (Å²) in [5, 5.41) is 8.62. The van der Waals surface area contributed by atoms with Crippen molar-refractivity contribution >= 4 is 5.97 Å². The summed E-state index contributed by atoms with van der Waals surface area (Å²) in [6.45, 7) is 2.08. The third-order valence-electron chi connectivity index (χ3n) is 1.88. The molecule has 3 N–H and O–H groups in total. The van der Waals surface area contributed by atoms with Crippen molar-refractivity contribution in [1.82, 2.24) is 0 Å². The van der Waals surface area contributed by atoms with Crippen LogP contribution in [0.5, 0.6) is 5.75 Å². The molecule has 0 fully saturated rings. The molecule has 5 heteroatoms. The SMILES string of the molecule is CCOc1ccc(C(N)C(=O)O)cc1F. The molecule has 0 saturated carbocycles. The third-order valence-corrected chi connectivity index (χ3v) is 1.88. The molecular weight excluding hydrogens is 201 g/mol. The summed E-state index contributed by atoms with van der Waals surface area (Å²) in [5.74, 6) is -1.71. The Morgan fingerprint density at radius 2 is 2.33 bits per heavy atom. The van der Waals surface area contributed by atoms with Crippen molar-refractivity contribution in [2.75, 3.05) is 6.61 Å². The molecule has 0 bridgehead atoms. The van der Waals surface area contributed by atoms with E-state index in [9.17, 15) is 9.18 Å². The Bertz CT molecular complexity index is 368. The van der Waals surface area contributed by atoms with Gasteiger partial charge in [-0.15, -0.1) is 0 Å². The van der Waals surface area contributed by atoms with Crippen molar-refractivity contribution in [2.45, 2.75) is 13.0 Å². The lowest BCUT2D eigenvalue weighted by Crippen LogP contribution is -2.20. The number of hydrogen-bond donors (Lipinski definition) is 2. The van der Waals surface area contributed by atoms with E-state index in [0.717, 1.165) is 6.07 Å². The van der Waals surface area contributed by atoms with Crippen LogP contribution in [-0.2, 0) is 4.79 Å². The maximum absolute atomic E-state index is 13.3. The molecule has 0 saturated heterocycles. The minimum absolute atomic E-state index is 0.0961. The van der Waals surface area contributed by atoms with E-state index in [0.29, 0.717) is 6.61 Å². The van der Waals surface area contributed by atoms with Gasteiger partial charge in [-0.2, -0.15) is 0 Å². The van der Waals surface area contributed by atoms with E-state index >= 15 is 0 Å². The molecule has 0 heterocycles. The second-order valence-corrected chi connectivity index (χ2v) is 2.94. The Morgan fingerprint density at radius 1 is 1.67 bits per heavy atom. The number of rotatable bonds is 4. The molecule has 0 aliphatic carbocycles. The maximum atomic E-state index is 13.3. The number of hydrogen-bond acceptors (Lipinski definition) is 3. The molecule has 0 amide bonds. The molecule has 1 rings (SSSR count). The lowest BCUT2D eigenvalue weighted by Gasteiger charge is -2.09. The van der Waals surface area contributed by atoms with Crippen LogP contribution in [0.2, 0.25) is 0 Å². The number of carboxylic acids is 1. The molecule has 0 aliphatic heterocycles. The number of nitrogens with two attached hydrogens (primary N) is 1. The summed E-state index contributed by atoms with van der Waals surface area (Å²) >= 11 is 0. The van der Waals surface area contributed by atoms with E-state index in [2.05, 4.69) is 0 Å². The molecule has 82 valence electrons. The van der Waals surface area contributed by atoms with E-state index in [1.807, 2.05) is 0 Å². The van der Waals surface area contributed by atoms with Crippen LogP contribution in [0.15, 0.2) is 18.2 Å². The van der Waals surface area contributed by atoms with Crippen LogP contribution in [-0.4, -0.2) is 17.7 Å². The van der Waals surface area contributed by atoms with E-state index < -0.39 is 17.8 Å². The fourth-order valence-corrected chi connectivity index (χ4v) is 1.13. The van der Waals surface area contributed by atoms with Gasteiger partial charge in [-0.1, -0.05) is 6.07 Å². The minimum Gasteiger partial charge on any atom is -0.491 e. The second-order valence-electron chi connectivity index (χ2n) is 2.94. The average molecular weight is 213 g/mol. The van der Waals surface area contributed by atoms with Gasteiger partial charge < -0.3 is 15.6 Å². The Hall–Kier alpha value is -1.62. The zero-order valence-electron chi connectivity index (χ0n) is 8.24. The van der Waals surface area contributed by atoms with Gasteiger partial charge in [-0.25, -0.2) is 4.39 Å². The lowest BCUT2D eigenvalue weighted by molar-refractivity contribution is -0.138. The second kappa shape index (κ2) is 4.75. The highest BCUT2D eigenvalue weighted by atomic mass is 19.1. The predicted octanol–water partition coefficient (Wildman–Crippen LogP) is 1.31. The van der Waals surface area contributed by atoms with Crippen LogP contribution < -0.4 is 10.5 Å². The van der Waals surface area contributed by atoms with Gasteiger partial charge in [0.05, 0.1) is 6.61 Å². The number of halogens is 1. The number of aliphatic carboxylic acids is 1. The summed E-state index contributed by atoms with van der Waals surface area (Å²) in [4.78, 5) is 10.5. The molecular formula is C10H12FNO3. The molecule has 1 unspecified atom stereocenters. The molecule has 0 aromatic heterocycles. The highest BCUT2D eigenvalue weighted by Gasteiger charge is 2.16. The minimum atomic E-state index is -1.21. The first-order valence-electron chi connectivity index (χ1n) is 4.47. The quantitative estimate of drug-likeness (QED) is 0.790. The summed E-state index contributed by atoms with van der Waals surface area (Å²) in [5.41, 5.74) is 5.54. The van der Waals surface area contributed by atoms with Crippen molar-refractivity contribution in [3.05, 3.63) is 29.6 Å². The van der Waals surface area contributed by atoms with Gasteiger partial charge in [0.15, 0.2) is 11.6 Å². The smallest absolute Gasteiger partial charge is 0.325 e. The number of carboxylic acid groups (broad SMARTS) is 1. The number of ether oxygens (including phenoxy) is 1. The lowest BCUT2D eigenvalue weighted by atomic mass is 10.1. The first kappa shape index (κ1) is 11.5. The zero-order valence-corrected chi connectivity index (χ0v) is 8.24. The van der Waals surface area contributed by atoms with Crippen LogP contribution in [0, 0.1) is 5.82 Å². The molecule has 15 heavy (non-hydrogen) atoms. The van der Waals surface area contributed by atoms with Gasteiger partial charge in [-0.05, 0) is 24.6 Å². The highest BCUT2D eigenvalue weighted by molar-refractivity contribution is 5.75. The van der Waals surface area contributed by atoms with Crippen LogP contribution in [0.1, 0.15) is 18.5 Å². The monoisotopic (exact) mass is 213 g/mol. The Morgan fingerprint density at radius 3 is 2.80 bits per heavy atom. The van der Waals surface area contributed by atoms with Crippen molar-refractivity contribution in [1.29, 1.82) is 0 Å². The van der Waals surface area contributed by atoms with Crippen molar-refractivity contribution in [2.24, 2.45) is 5.73 Å². The van der Waals surface area contributed by atoms with Crippen LogP contribution >= 0.6 is 0 Å². The van der Waals surface area contributed by atoms with Gasteiger partial charge >= 0.3 is 5.97 Å². The first-order chi connectivity index (χ1) is 7.06. The van der Waals surface area contributed by atoms with Gasteiger partial charge in [0.2, 0.25) is 0 Å². The standard InChI is InChI=1S/C10H12FNO3/c1-2-15-8-4-3-6(5-7(8)11)9(12)10(13)14/h3-5,9H,2,12H2,1H3,(H,13,14). The fraction of sp³-hybridized carbons (Fsp3) is 0.300. The Kier molecular flexibility index (Phi) is 3.62. The van der Waals surface area contributed by atoms with Gasteiger partial charge in [-0.3, -0.25) is 4.79 Å². The molecule has 1 atom stereocenters. The fourth-order valence-electron chi connectivity index (χ4n) is 1.13. The summed E-state index contributed by atoms with van der Waals surface area (Å²) < 4.78 is 18.3. The van der Waals surface area contributed by atoms with Crippen LogP contribution in [0.3, 0.4) is 0 Å². The molecule has 0 radical (unpaired) electrons. The van der Waals surface area contributed by atoms with Crippen LogP contribution in [0.25, 0.3) is 0 Å². The Labute approximate surface area is 86.5 Å². The van der Waals surface area contributed by atoms with Gasteiger partial charge in [0.1, 0.15) is 6.04 Å². The average Bonchev–Trinajstić information content (AvgIpc) is 2.20. The molecule has 4 nitrogen and oxygen atoms in total. The number of carbonyl (C=O) groups is 1. The van der Waals surface area contributed by atoms with Crippen molar-refractivity contribution < 1.29 is 19.0 Å². The summed E-state index contributed by atoms with van der Waals surface area (Å²) in [6.07, 6.45) is 0. The van der Waals surface area contributed by atoms with E-state index in [1.54, 1.807) is 6.92 Å². The van der Waals surface area contributed by atoms with E-state index in [4.69, 9.17) is 15.6 Å². The zero-order chi connectivity index (χ0) is 11.4.